The molecule has 12 heavy (non-hydrogen) atoms. The number of aliphatic carboxylic acids is 1. The van der Waals surface area contributed by atoms with E-state index in [1.165, 1.54) is 0 Å². The molecule has 0 aliphatic rings. The molecule has 0 aromatic rings. The highest BCUT2D eigenvalue weighted by Gasteiger charge is 2.21. The first kappa shape index (κ1) is 11.7. The summed E-state index contributed by atoms with van der Waals surface area (Å²) in [6.45, 7) is 1.99. The first-order chi connectivity index (χ1) is 5.48. The Morgan fingerprint density at radius 2 is 2.00 bits per heavy atom. The van der Waals surface area contributed by atoms with E-state index in [1.807, 2.05) is 6.92 Å². The van der Waals surface area contributed by atoms with Crippen molar-refractivity contribution >= 4 is 13.3 Å². The van der Waals surface area contributed by atoms with E-state index in [9.17, 15) is 9.36 Å². The first-order valence-corrected chi connectivity index (χ1v) is 6.03. The minimum atomic E-state index is -3.38. The van der Waals surface area contributed by atoms with E-state index in [1.54, 1.807) is 0 Å². The van der Waals surface area contributed by atoms with E-state index in [-0.39, 0.29) is 6.16 Å². The van der Waals surface area contributed by atoms with Crippen molar-refractivity contribution in [3.05, 3.63) is 0 Å². The lowest BCUT2D eigenvalue weighted by Gasteiger charge is -2.07. The number of unbranched alkanes of at least 4 members (excludes halogenated alkanes) is 2. The van der Waals surface area contributed by atoms with Gasteiger partial charge in [0.25, 0.3) is 0 Å². The van der Waals surface area contributed by atoms with Crippen LogP contribution in [-0.2, 0) is 9.36 Å². The van der Waals surface area contributed by atoms with Crippen molar-refractivity contribution in [3.8, 4) is 0 Å². The Labute approximate surface area is 72.1 Å². The molecule has 0 aliphatic carbocycles. The summed E-state index contributed by atoms with van der Waals surface area (Å²) in [5.74, 6) is -1.20. The van der Waals surface area contributed by atoms with Gasteiger partial charge in [-0.1, -0.05) is 19.8 Å². The van der Waals surface area contributed by atoms with Gasteiger partial charge in [-0.05, 0) is 6.42 Å². The summed E-state index contributed by atoms with van der Waals surface area (Å²) in [4.78, 5) is 19.2. The van der Waals surface area contributed by atoms with Gasteiger partial charge in [0.15, 0.2) is 0 Å². The van der Waals surface area contributed by atoms with E-state index in [4.69, 9.17) is 10.00 Å². The molecule has 4 nitrogen and oxygen atoms in total. The zero-order valence-electron chi connectivity index (χ0n) is 7.19. The molecule has 0 aromatic carbocycles. The Bertz CT molecular complexity index is 190. The SMILES string of the molecule is CCCCCP(=O)(O)CC(=O)O. The van der Waals surface area contributed by atoms with Crippen molar-refractivity contribution in [1.82, 2.24) is 0 Å². The molecule has 72 valence electrons. The van der Waals surface area contributed by atoms with Gasteiger partial charge in [-0.2, -0.15) is 0 Å². The third kappa shape index (κ3) is 6.38. The Morgan fingerprint density at radius 1 is 1.42 bits per heavy atom. The molecule has 1 unspecified atom stereocenters. The molecular weight excluding hydrogens is 179 g/mol. The molecule has 0 bridgehead atoms. The fraction of sp³-hybridized carbons (Fsp3) is 0.857. The van der Waals surface area contributed by atoms with Gasteiger partial charge >= 0.3 is 5.97 Å². The van der Waals surface area contributed by atoms with Crippen LogP contribution in [0.25, 0.3) is 0 Å². The minimum absolute atomic E-state index is 0.132. The van der Waals surface area contributed by atoms with E-state index in [2.05, 4.69) is 0 Å². The van der Waals surface area contributed by atoms with Crippen molar-refractivity contribution in [1.29, 1.82) is 0 Å². The van der Waals surface area contributed by atoms with Gasteiger partial charge in [0, 0.05) is 6.16 Å². The summed E-state index contributed by atoms with van der Waals surface area (Å²) in [5, 5.41) is 8.27. The maximum absolute atomic E-state index is 11.1. The Hall–Kier alpha value is -0.340. The van der Waals surface area contributed by atoms with Crippen LogP contribution in [0.4, 0.5) is 0 Å². The van der Waals surface area contributed by atoms with Gasteiger partial charge in [0.2, 0.25) is 7.37 Å². The summed E-state index contributed by atoms with van der Waals surface area (Å²) in [6, 6.07) is 0. The van der Waals surface area contributed by atoms with Crippen molar-refractivity contribution in [2.45, 2.75) is 26.2 Å². The van der Waals surface area contributed by atoms with Crippen molar-refractivity contribution in [2.75, 3.05) is 12.3 Å². The number of carbonyl (C=O) groups is 1. The number of hydrogen-bond donors (Lipinski definition) is 2. The van der Waals surface area contributed by atoms with Crippen LogP contribution in [0.15, 0.2) is 0 Å². The number of carboxylic acid groups (broad SMARTS) is 1. The van der Waals surface area contributed by atoms with Crippen LogP contribution in [0.1, 0.15) is 26.2 Å². The predicted molar refractivity (Wildman–Crippen MR) is 46.7 cm³/mol. The van der Waals surface area contributed by atoms with Crippen LogP contribution in [0.3, 0.4) is 0 Å². The standard InChI is InChI=1S/C7H15O4P/c1-2-3-4-5-12(10,11)6-7(8)9/h2-6H2,1H3,(H,8,9)(H,10,11). The first-order valence-electron chi connectivity index (χ1n) is 4.00. The van der Waals surface area contributed by atoms with Gasteiger partial charge in [-0.25, -0.2) is 0 Å². The van der Waals surface area contributed by atoms with E-state index < -0.39 is 19.5 Å². The summed E-state index contributed by atoms with van der Waals surface area (Å²) < 4.78 is 11.1. The molecule has 0 radical (unpaired) electrons. The van der Waals surface area contributed by atoms with Crippen LogP contribution in [0.5, 0.6) is 0 Å². The topological polar surface area (TPSA) is 74.6 Å². The van der Waals surface area contributed by atoms with Gasteiger partial charge in [0.05, 0.1) is 0 Å². The largest absolute Gasteiger partial charge is 0.481 e. The molecule has 0 fully saturated rings. The summed E-state index contributed by atoms with van der Waals surface area (Å²) >= 11 is 0. The summed E-state index contributed by atoms with van der Waals surface area (Å²) in [5.41, 5.74) is 0. The average molecular weight is 194 g/mol. The van der Waals surface area contributed by atoms with Crippen molar-refractivity contribution in [2.24, 2.45) is 0 Å². The maximum atomic E-state index is 11.1. The Kier molecular flexibility index (Phi) is 5.18. The number of carboxylic acids is 1. The van der Waals surface area contributed by atoms with Gasteiger partial charge < -0.3 is 10.00 Å². The molecule has 5 heteroatoms. The molecule has 0 saturated carbocycles. The predicted octanol–water partition coefficient (Wildman–Crippen LogP) is 1.53. The zero-order chi connectivity index (χ0) is 9.61. The monoisotopic (exact) mass is 194 g/mol. The molecule has 0 aromatic heterocycles. The van der Waals surface area contributed by atoms with Crippen LogP contribution >= 0.6 is 7.37 Å². The van der Waals surface area contributed by atoms with E-state index in [0.29, 0.717) is 6.42 Å². The molecule has 0 spiro atoms. The molecule has 1 atom stereocenters. The molecule has 0 rings (SSSR count). The van der Waals surface area contributed by atoms with E-state index in [0.717, 1.165) is 12.8 Å². The highest BCUT2D eigenvalue weighted by atomic mass is 31.2. The molecule has 0 heterocycles. The minimum Gasteiger partial charge on any atom is -0.481 e. The average Bonchev–Trinajstić information content (AvgIpc) is 1.84. The Morgan fingerprint density at radius 3 is 2.42 bits per heavy atom. The van der Waals surface area contributed by atoms with Crippen LogP contribution in [-0.4, -0.2) is 28.3 Å². The van der Waals surface area contributed by atoms with Crippen molar-refractivity contribution in [3.63, 3.8) is 0 Å². The normalized spacial score (nSPS) is 15.5. The lowest BCUT2D eigenvalue weighted by Crippen LogP contribution is -2.05. The molecular formula is C7H15O4P. The fourth-order valence-electron chi connectivity index (χ4n) is 0.899. The van der Waals surface area contributed by atoms with Gasteiger partial charge in [-0.15, -0.1) is 0 Å². The lowest BCUT2D eigenvalue weighted by molar-refractivity contribution is -0.134. The Balaban J connectivity index is 3.72. The third-order valence-electron chi connectivity index (χ3n) is 1.49. The highest BCUT2D eigenvalue weighted by Crippen LogP contribution is 2.40. The quantitative estimate of drug-likeness (QED) is 0.496. The molecule has 0 saturated heterocycles. The molecule has 2 N–H and O–H groups in total. The molecule has 0 aliphatic heterocycles. The van der Waals surface area contributed by atoms with Crippen molar-refractivity contribution < 1.29 is 19.4 Å². The smallest absolute Gasteiger partial charge is 0.313 e. The second kappa shape index (κ2) is 5.33. The van der Waals surface area contributed by atoms with Crippen LogP contribution in [0.2, 0.25) is 0 Å². The third-order valence-corrected chi connectivity index (χ3v) is 3.27. The fourth-order valence-corrected chi connectivity index (χ4v) is 2.20. The van der Waals surface area contributed by atoms with Gasteiger partial charge in [-0.3, -0.25) is 9.36 Å². The van der Waals surface area contributed by atoms with E-state index >= 15 is 0 Å². The summed E-state index contributed by atoms with van der Waals surface area (Å²) in [6.07, 6.45) is 2.01. The van der Waals surface area contributed by atoms with Crippen LogP contribution < -0.4 is 0 Å². The second-order valence-corrected chi connectivity index (χ2v) is 5.28. The van der Waals surface area contributed by atoms with Gasteiger partial charge in [0.1, 0.15) is 6.16 Å². The maximum Gasteiger partial charge on any atom is 0.313 e. The summed E-state index contributed by atoms with van der Waals surface area (Å²) in [7, 11) is -3.38. The lowest BCUT2D eigenvalue weighted by atomic mass is 10.3. The number of rotatable bonds is 6. The zero-order valence-corrected chi connectivity index (χ0v) is 8.09. The second-order valence-electron chi connectivity index (χ2n) is 2.83. The number of hydrogen-bond acceptors (Lipinski definition) is 2. The highest BCUT2D eigenvalue weighted by molar-refractivity contribution is 7.58. The molecule has 0 amide bonds. The van der Waals surface area contributed by atoms with Crippen LogP contribution in [0, 0.1) is 0 Å².